The fourth-order valence-corrected chi connectivity index (χ4v) is 3.91. The summed E-state index contributed by atoms with van der Waals surface area (Å²) in [6.45, 7) is 7.50. The van der Waals surface area contributed by atoms with E-state index < -0.39 is 11.7 Å². The Kier molecular flexibility index (Phi) is 8.28. The molecule has 0 aliphatic carbocycles. The van der Waals surface area contributed by atoms with Crippen molar-refractivity contribution in [1.29, 1.82) is 0 Å². The number of para-hydroxylation sites is 1. The van der Waals surface area contributed by atoms with Crippen molar-refractivity contribution in [2.75, 3.05) is 17.2 Å². The number of nitrogens with two attached hydrogens (primary N) is 2. The van der Waals surface area contributed by atoms with Crippen LogP contribution in [0.25, 0.3) is 0 Å². The van der Waals surface area contributed by atoms with Crippen LogP contribution >= 0.6 is 0 Å². The molecule has 1 aromatic heterocycles. The number of alkyl halides is 3. The Bertz CT molecular complexity index is 1060. The molecule has 0 aliphatic heterocycles. The van der Waals surface area contributed by atoms with E-state index >= 15 is 0 Å². The lowest BCUT2D eigenvalue weighted by Crippen LogP contribution is -2.34. The van der Waals surface area contributed by atoms with Gasteiger partial charge in [-0.2, -0.15) is 13.2 Å². The topological polar surface area (TPSA) is 81.0 Å². The van der Waals surface area contributed by atoms with Gasteiger partial charge in [0, 0.05) is 42.6 Å². The highest BCUT2D eigenvalue weighted by molar-refractivity contribution is 5.73. The van der Waals surface area contributed by atoms with E-state index in [4.69, 9.17) is 11.5 Å². The van der Waals surface area contributed by atoms with Crippen molar-refractivity contribution in [3.8, 4) is 0 Å². The average Bonchev–Trinajstić information content (AvgIpc) is 3.08. The minimum absolute atomic E-state index is 0.0286. The molecule has 34 heavy (non-hydrogen) atoms. The van der Waals surface area contributed by atoms with Crippen LogP contribution in [0.2, 0.25) is 0 Å². The predicted octanol–water partition coefficient (Wildman–Crippen LogP) is 5.72. The van der Waals surface area contributed by atoms with Gasteiger partial charge in [0.15, 0.2) is 0 Å². The van der Waals surface area contributed by atoms with Crippen molar-refractivity contribution < 1.29 is 13.2 Å². The summed E-state index contributed by atoms with van der Waals surface area (Å²) in [6.07, 6.45) is -3.65. The molecule has 6 N–H and O–H groups in total. The van der Waals surface area contributed by atoms with Gasteiger partial charge in [-0.3, -0.25) is 0 Å². The van der Waals surface area contributed by atoms with E-state index in [0.717, 1.165) is 46.1 Å². The van der Waals surface area contributed by atoms with Crippen LogP contribution in [0.1, 0.15) is 43.2 Å². The molecule has 0 aliphatic rings. The molecule has 0 unspecified atom stereocenters. The van der Waals surface area contributed by atoms with E-state index in [9.17, 15) is 13.2 Å². The van der Waals surface area contributed by atoms with Crippen molar-refractivity contribution in [1.82, 2.24) is 4.57 Å². The van der Waals surface area contributed by atoms with Crippen LogP contribution in [-0.4, -0.2) is 17.2 Å². The van der Waals surface area contributed by atoms with Gasteiger partial charge in [0.2, 0.25) is 0 Å². The third-order valence-electron chi connectivity index (χ3n) is 6.04. The SMILES string of the molecule is CCc1c(NC[C@H](N)C(C)C)c(CN)c(Nc2ccccc2)n1Cc1ccc(C(F)(F)F)cc1. The number of anilines is 3. The third-order valence-corrected chi connectivity index (χ3v) is 6.04. The zero-order chi connectivity index (χ0) is 24.9. The number of aromatic nitrogens is 1. The highest BCUT2D eigenvalue weighted by Crippen LogP contribution is 2.36. The van der Waals surface area contributed by atoms with Crippen LogP contribution in [0.5, 0.6) is 0 Å². The lowest BCUT2D eigenvalue weighted by molar-refractivity contribution is -0.137. The van der Waals surface area contributed by atoms with Gasteiger partial charge in [0.25, 0.3) is 0 Å². The van der Waals surface area contributed by atoms with E-state index in [1.165, 1.54) is 12.1 Å². The van der Waals surface area contributed by atoms with Gasteiger partial charge in [-0.25, -0.2) is 0 Å². The molecule has 184 valence electrons. The second-order valence-corrected chi connectivity index (χ2v) is 8.77. The van der Waals surface area contributed by atoms with E-state index in [-0.39, 0.29) is 6.04 Å². The Labute approximate surface area is 199 Å². The molecule has 3 rings (SSSR count). The van der Waals surface area contributed by atoms with Crippen LogP contribution in [0.3, 0.4) is 0 Å². The van der Waals surface area contributed by atoms with Crippen LogP contribution < -0.4 is 22.1 Å². The quantitative estimate of drug-likeness (QED) is 0.304. The molecule has 0 saturated heterocycles. The molecule has 5 nitrogen and oxygen atoms in total. The first kappa shape index (κ1) is 25.6. The number of nitrogens with one attached hydrogen (secondary N) is 2. The maximum atomic E-state index is 13.0. The minimum atomic E-state index is -4.36. The standard InChI is InChI=1S/C26H34F3N5/c1-4-23-24(32-15-22(31)17(2)3)21(14-30)25(33-20-8-6-5-7-9-20)34(23)16-18-10-12-19(13-11-18)26(27,28)29/h5-13,17,22,32-33H,4,14-16,30-31H2,1-3H3/t22-/m0/s1. The molecule has 8 heteroatoms. The number of rotatable bonds is 10. The lowest BCUT2D eigenvalue weighted by Gasteiger charge is -2.18. The molecule has 0 fully saturated rings. The van der Waals surface area contributed by atoms with E-state index in [0.29, 0.717) is 32.0 Å². The molecule has 0 spiro atoms. The van der Waals surface area contributed by atoms with Gasteiger partial charge < -0.3 is 26.7 Å². The van der Waals surface area contributed by atoms with Crippen molar-refractivity contribution in [2.45, 2.75) is 52.5 Å². The van der Waals surface area contributed by atoms with E-state index in [1.807, 2.05) is 30.3 Å². The molecule has 0 radical (unpaired) electrons. The Hall–Kier alpha value is -2.97. The first-order valence-corrected chi connectivity index (χ1v) is 11.6. The fraction of sp³-hybridized carbons (Fsp3) is 0.385. The second kappa shape index (κ2) is 11.0. The summed E-state index contributed by atoms with van der Waals surface area (Å²) in [6, 6.07) is 15.0. The molecular formula is C26H34F3N5. The van der Waals surface area contributed by atoms with Gasteiger partial charge in [-0.05, 0) is 42.2 Å². The van der Waals surface area contributed by atoms with Crippen molar-refractivity contribution in [3.05, 3.63) is 77.0 Å². The number of halogens is 3. The van der Waals surface area contributed by atoms with Gasteiger partial charge in [0.05, 0.1) is 11.3 Å². The van der Waals surface area contributed by atoms with Gasteiger partial charge in [-0.1, -0.05) is 51.1 Å². The van der Waals surface area contributed by atoms with Crippen molar-refractivity contribution in [2.24, 2.45) is 17.4 Å². The number of hydrogen-bond acceptors (Lipinski definition) is 4. The molecule has 0 amide bonds. The summed E-state index contributed by atoms with van der Waals surface area (Å²) in [5.74, 6) is 1.14. The molecule has 0 bridgehead atoms. The zero-order valence-corrected chi connectivity index (χ0v) is 19.9. The summed E-state index contributed by atoms with van der Waals surface area (Å²) in [5, 5.41) is 7.00. The first-order chi connectivity index (χ1) is 16.2. The molecular weight excluding hydrogens is 439 g/mol. The lowest BCUT2D eigenvalue weighted by atomic mass is 10.1. The fourth-order valence-electron chi connectivity index (χ4n) is 3.91. The van der Waals surface area contributed by atoms with Crippen LogP contribution in [0.15, 0.2) is 54.6 Å². The Morgan fingerprint density at radius 3 is 2.18 bits per heavy atom. The Balaban J connectivity index is 2.05. The van der Waals surface area contributed by atoms with Gasteiger partial charge >= 0.3 is 6.18 Å². The molecule has 1 heterocycles. The Morgan fingerprint density at radius 2 is 1.65 bits per heavy atom. The minimum Gasteiger partial charge on any atom is -0.382 e. The number of benzene rings is 2. The highest BCUT2D eigenvalue weighted by atomic mass is 19.4. The van der Waals surface area contributed by atoms with Crippen molar-refractivity contribution in [3.63, 3.8) is 0 Å². The van der Waals surface area contributed by atoms with E-state index in [2.05, 4.69) is 36.0 Å². The second-order valence-electron chi connectivity index (χ2n) is 8.77. The summed E-state index contributed by atoms with van der Waals surface area (Å²) in [5.41, 5.74) is 16.4. The zero-order valence-electron chi connectivity index (χ0n) is 19.9. The normalized spacial score (nSPS) is 12.7. The Morgan fingerprint density at radius 1 is 1.00 bits per heavy atom. The van der Waals surface area contributed by atoms with Crippen LogP contribution in [0, 0.1) is 5.92 Å². The first-order valence-electron chi connectivity index (χ1n) is 11.6. The predicted molar refractivity (Wildman–Crippen MR) is 133 cm³/mol. The summed E-state index contributed by atoms with van der Waals surface area (Å²) in [4.78, 5) is 0. The third kappa shape index (κ3) is 5.93. The monoisotopic (exact) mass is 473 g/mol. The summed E-state index contributed by atoms with van der Waals surface area (Å²) < 4.78 is 41.2. The molecule has 1 atom stereocenters. The summed E-state index contributed by atoms with van der Waals surface area (Å²) >= 11 is 0. The van der Waals surface area contributed by atoms with Gasteiger partial charge in [-0.15, -0.1) is 0 Å². The molecule has 0 saturated carbocycles. The highest BCUT2D eigenvalue weighted by Gasteiger charge is 2.30. The van der Waals surface area contributed by atoms with Gasteiger partial charge in [0.1, 0.15) is 5.82 Å². The average molecular weight is 474 g/mol. The number of nitrogens with zero attached hydrogens (tertiary/aromatic N) is 1. The summed E-state index contributed by atoms with van der Waals surface area (Å²) in [7, 11) is 0. The van der Waals surface area contributed by atoms with Crippen LogP contribution in [0.4, 0.5) is 30.4 Å². The van der Waals surface area contributed by atoms with E-state index in [1.54, 1.807) is 0 Å². The van der Waals surface area contributed by atoms with Crippen molar-refractivity contribution >= 4 is 17.2 Å². The number of hydrogen-bond donors (Lipinski definition) is 4. The molecule has 3 aromatic rings. The maximum absolute atomic E-state index is 13.0. The largest absolute Gasteiger partial charge is 0.416 e. The maximum Gasteiger partial charge on any atom is 0.416 e. The molecule has 2 aromatic carbocycles. The smallest absolute Gasteiger partial charge is 0.382 e. The van der Waals surface area contributed by atoms with Crippen LogP contribution in [-0.2, 0) is 25.7 Å².